The van der Waals surface area contributed by atoms with Crippen molar-refractivity contribution in [3.05, 3.63) is 33.9 Å². The van der Waals surface area contributed by atoms with Gasteiger partial charge in [0.15, 0.2) is 0 Å². The lowest BCUT2D eigenvalue weighted by molar-refractivity contribution is -0.384. The minimum atomic E-state index is -0.806. The maximum Gasteiger partial charge on any atom is 0.308 e. The Morgan fingerprint density at radius 2 is 2.20 bits per heavy atom. The molecule has 0 radical (unpaired) electrons. The molecule has 0 spiro atoms. The number of carbonyl (C=O) groups is 1. The van der Waals surface area contributed by atoms with E-state index in [1.165, 1.54) is 12.1 Å². The third-order valence-corrected chi connectivity index (χ3v) is 4.35. The molecule has 2 aliphatic rings. The van der Waals surface area contributed by atoms with Crippen LogP contribution in [0.3, 0.4) is 0 Å². The lowest BCUT2D eigenvalue weighted by Crippen LogP contribution is -2.50. The van der Waals surface area contributed by atoms with Crippen molar-refractivity contribution in [2.24, 2.45) is 5.92 Å². The summed E-state index contributed by atoms with van der Waals surface area (Å²) in [6.07, 6.45) is 3.35. The number of benzene rings is 1. The van der Waals surface area contributed by atoms with Crippen molar-refractivity contribution in [2.45, 2.75) is 31.7 Å². The van der Waals surface area contributed by atoms with E-state index in [4.69, 9.17) is 0 Å². The zero-order valence-corrected chi connectivity index (χ0v) is 11.0. The number of hydrogen-bond acceptors (Lipinski definition) is 4. The zero-order valence-electron chi connectivity index (χ0n) is 11.0. The van der Waals surface area contributed by atoms with Crippen molar-refractivity contribution < 1.29 is 14.8 Å². The van der Waals surface area contributed by atoms with Gasteiger partial charge < -0.3 is 10.0 Å². The van der Waals surface area contributed by atoms with Crippen LogP contribution in [0.25, 0.3) is 0 Å². The minimum absolute atomic E-state index is 0.0233. The summed E-state index contributed by atoms with van der Waals surface area (Å²) in [5.41, 5.74) is 1.78. The highest BCUT2D eigenvalue weighted by molar-refractivity contribution is 5.75. The predicted octanol–water partition coefficient (Wildman–Crippen LogP) is 2.21. The fourth-order valence-corrected chi connectivity index (χ4v) is 3.43. The van der Waals surface area contributed by atoms with Crippen LogP contribution in [-0.2, 0) is 11.2 Å². The summed E-state index contributed by atoms with van der Waals surface area (Å²) in [7, 11) is 0. The summed E-state index contributed by atoms with van der Waals surface area (Å²) in [5, 5.41) is 20.3. The second-order valence-electron chi connectivity index (χ2n) is 5.48. The average Bonchev–Trinajstić information content (AvgIpc) is 2.45. The molecular formula is C14H16N2O4. The second kappa shape index (κ2) is 4.77. The molecule has 1 saturated heterocycles. The van der Waals surface area contributed by atoms with Gasteiger partial charge in [0.05, 0.1) is 10.8 Å². The molecule has 2 heterocycles. The van der Waals surface area contributed by atoms with Crippen LogP contribution >= 0.6 is 0 Å². The molecular weight excluding hydrogens is 260 g/mol. The van der Waals surface area contributed by atoms with Crippen LogP contribution < -0.4 is 4.90 Å². The molecule has 6 nitrogen and oxygen atoms in total. The van der Waals surface area contributed by atoms with Gasteiger partial charge in [0, 0.05) is 30.4 Å². The van der Waals surface area contributed by atoms with Gasteiger partial charge in [-0.05, 0) is 37.3 Å². The van der Waals surface area contributed by atoms with E-state index in [1.54, 1.807) is 6.07 Å². The highest BCUT2D eigenvalue weighted by Crippen LogP contribution is 2.39. The molecule has 0 aliphatic carbocycles. The minimum Gasteiger partial charge on any atom is -0.481 e. The van der Waals surface area contributed by atoms with Crippen LogP contribution in [0.2, 0.25) is 0 Å². The van der Waals surface area contributed by atoms with E-state index in [0.29, 0.717) is 6.42 Å². The molecule has 0 aromatic heterocycles. The molecule has 0 bridgehead atoms. The first-order chi connectivity index (χ1) is 9.58. The van der Waals surface area contributed by atoms with Crippen molar-refractivity contribution in [3.63, 3.8) is 0 Å². The number of anilines is 1. The van der Waals surface area contributed by atoms with E-state index in [1.807, 2.05) is 0 Å². The van der Waals surface area contributed by atoms with E-state index in [0.717, 1.165) is 37.1 Å². The number of non-ortho nitro benzene ring substituents is 1. The van der Waals surface area contributed by atoms with Crippen LogP contribution in [0, 0.1) is 16.0 Å². The lowest BCUT2D eigenvalue weighted by Gasteiger charge is -2.45. The molecule has 0 amide bonds. The number of aliphatic carboxylic acids is 1. The third kappa shape index (κ3) is 2.01. The first-order valence-corrected chi connectivity index (χ1v) is 6.84. The molecule has 2 atom stereocenters. The highest BCUT2D eigenvalue weighted by atomic mass is 16.6. The summed E-state index contributed by atoms with van der Waals surface area (Å²) in [6.45, 7) is 0.833. The third-order valence-electron chi connectivity index (χ3n) is 4.35. The molecule has 1 aromatic carbocycles. The Hall–Kier alpha value is -2.11. The SMILES string of the molecule is O=C(O)C1Cc2cc([N+](=O)[O-])ccc2N2CCCCC12. The molecule has 2 unspecified atom stereocenters. The summed E-state index contributed by atoms with van der Waals surface area (Å²) in [6, 6.07) is 4.82. The average molecular weight is 276 g/mol. The number of hydrogen-bond donors (Lipinski definition) is 1. The lowest BCUT2D eigenvalue weighted by atomic mass is 9.81. The quantitative estimate of drug-likeness (QED) is 0.661. The summed E-state index contributed by atoms with van der Waals surface area (Å²) in [5.74, 6) is -1.27. The smallest absolute Gasteiger partial charge is 0.308 e. The fourth-order valence-electron chi connectivity index (χ4n) is 3.43. The fraction of sp³-hybridized carbons (Fsp3) is 0.500. The van der Waals surface area contributed by atoms with Crippen molar-refractivity contribution >= 4 is 17.3 Å². The molecule has 1 N–H and O–H groups in total. The van der Waals surface area contributed by atoms with Crippen LogP contribution in [-0.4, -0.2) is 28.6 Å². The van der Waals surface area contributed by atoms with Gasteiger partial charge in [-0.25, -0.2) is 0 Å². The van der Waals surface area contributed by atoms with E-state index < -0.39 is 16.8 Å². The number of carboxylic acid groups (broad SMARTS) is 1. The molecule has 20 heavy (non-hydrogen) atoms. The van der Waals surface area contributed by atoms with Gasteiger partial charge in [-0.15, -0.1) is 0 Å². The van der Waals surface area contributed by atoms with Gasteiger partial charge in [-0.2, -0.15) is 0 Å². The standard InChI is InChI=1S/C14H16N2O4/c17-14(18)11-8-9-7-10(16(19)20)4-5-12(9)15-6-2-1-3-13(11)15/h4-5,7,11,13H,1-3,6,8H2,(H,17,18). The molecule has 2 aliphatic heterocycles. The maximum absolute atomic E-state index is 11.5. The van der Waals surface area contributed by atoms with E-state index in [2.05, 4.69) is 4.90 Å². The molecule has 0 saturated carbocycles. The summed E-state index contributed by atoms with van der Waals surface area (Å²) >= 11 is 0. The highest BCUT2D eigenvalue weighted by Gasteiger charge is 2.39. The Balaban J connectivity index is 2.04. The summed E-state index contributed by atoms with van der Waals surface area (Å²) < 4.78 is 0. The zero-order chi connectivity index (χ0) is 14.3. The predicted molar refractivity (Wildman–Crippen MR) is 72.9 cm³/mol. The Labute approximate surface area is 116 Å². The first kappa shape index (κ1) is 12.9. The number of nitro groups is 1. The van der Waals surface area contributed by atoms with Crippen molar-refractivity contribution in [2.75, 3.05) is 11.4 Å². The Morgan fingerprint density at radius 3 is 2.90 bits per heavy atom. The molecule has 1 fully saturated rings. The van der Waals surface area contributed by atoms with E-state index in [9.17, 15) is 20.0 Å². The van der Waals surface area contributed by atoms with Gasteiger partial charge in [0.2, 0.25) is 0 Å². The van der Waals surface area contributed by atoms with E-state index in [-0.39, 0.29) is 11.7 Å². The Bertz CT molecular complexity index is 572. The van der Waals surface area contributed by atoms with Gasteiger partial charge >= 0.3 is 5.97 Å². The molecule has 6 heteroatoms. The van der Waals surface area contributed by atoms with Crippen LogP contribution in [0.4, 0.5) is 11.4 Å². The van der Waals surface area contributed by atoms with Crippen molar-refractivity contribution in [3.8, 4) is 0 Å². The van der Waals surface area contributed by atoms with Crippen molar-refractivity contribution in [1.82, 2.24) is 0 Å². The Kier molecular flexibility index (Phi) is 3.08. The first-order valence-electron chi connectivity index (χ1n) is 6.84. The largest absolute Gasteiger partial charge is 0.481 e. The monoisotopic (exact) mass is 276 g/mol. The van der Waals surface area contributed by atoms with Crippen LogP contribution in [0.15, 0.2) is 18.2 Å². The number of rotatable bonds is 2. The van der Waals surface area contributed by atoms with Crippen molar-refractivity contribution in [1.29, 1.82) is 0 Å². The second-order valence-corrected chi connectivity index (χ2v) is 5.48. The number of carboxylic acids is 1. The number of fused-ring (bicyclic) bond motifs is 3. The number of nitrogens with zero attached hydrogens (tertiary/aromatic N) is 2. The molecule has 3 rings (SSSR count). The van der Waals surface area contributed by atoms with E-state index >= 15 is 0 Å². The van der Waals surface area contributed by atoms with Gasteiger partial charge in [0.25, 0.3) is 5.69 Å². The Morgan fingerprint density at radius 1 is 1.40 bits per heavy atom. The number of piperidine rings is 1. The van der Waals surface area contributed by atoms with Gasteiger partial charge in [0.1, 0.15) is 0 Å². The topological polar surface area (TPSA) is 83.7 Å². The van der Waals surface area contributed by atoms with Crippen LogP contribution in [0.5, 0.6) is 0 Å². The van der Waals surface area contributed by atoms with Gasteiger partial charge in [-0.1, -0.05) is 0 Å². The summed E-state index contributed by atoms with van der Waals surface area (Å²) in [4.78, 5) is 24.0. The normalized spacial score (nSPS) is 24.7. The van der Waals surface area contributed by atoms with Crippen LogP contribution in [0.1, 0.15) is 24.8 Å². The number of nitro benzene ring substituents is 1. The maximum atomic E-state index is 11.5. The molecule has 1 aromatic rings. The van der Waals surface area contributed by atoms with Gasteiger partial charge in [-0.3, -0.25) is 14.9 Å². The molecule has 106 valence electrons.